The lowest BCUT2D eigenvalue weighted by molar-refractivity contribution is 0.452. The van der Waals surface area contributed by atoms with Gasteiger partial charge in [0.15, 0.2) is 0 Å². The highest BCUT2D eigenvalue weighted by atomic mass is 15.1. The van der Waals surface area contributed by atoms with E-state index in [4.69, 9.17) is 0 Å². The average molecular weight is 195 g/mol. The van der Waals surface area contributed by atoms with E-state index in [0.29, 0.717) is 6.04 Å². The number of hydrogen-bond donors (Lipinski definition) is 1. The molecule has 0 radical (unpaired) electrons. The fourth-order valence-corrected chi connectivity index (χ4v) is 1.73. The molecule has 0 aromatic carbocycles. The largest absolute Gasteiger partial charge is 0.330 e. The van der Waals surface area contributed by atoms with Crippen molar-refractivity contribution in [3.63, 3.8) is 0 Å². The molecule has 3 nitrogen and oxygen atoms in total. The second-order valence-electron chi connectivity index (χ2n) is 3.54. The second-order valence-corrected chi connectivity index (χ2v) is 3.54. The minimum atomic E-state index is 0.603. The molecule has 3 heteroatoms. The van der Waals surface area contributed by atoms with Gasteiger partial charge in [-0.05, 0) is 19.4 Å². The Morgan fingerprint density at radius 1 is 1.36 bits per heavy atom. The predicted octanol–water partition coefficient (Wildman–Crippen LogP) is 2.35. The topological polar surface area (TPSA) is 29.9 Å². The van der Waals surface area contributed by atoms with E-state index < -0.39 is 0 Å². The van der Waals surface area contributed by atoms with Crippen LogP contribution in [-0.4, -0.2) is 16.1 Å². The van der Waals surface area contributed by atoms with Crippen molar-refractivity contribution >= 4 is 0 Å². The third-order valence-electron chi connectivity index (χ3n) is 2.64. The fraction of sp³-hybridized carbons (Fsp3) is 0.727. The first-order valence-electron chi connectivity index (χ1n) is 5.54. The average Bonchev–Trinajstić information content (AvgIpc) is 2.65. The van der Waals surface area contributed by atoms with Crippen LogP contribution in [-0.2, 0) is 6.54 Å². The van der Waals surface area contributed by atoms with E-state index in [1.165, 1.54) is 18.5 Å². The summed E-state index contributed by atoms with van der Waals surface area (Å²) in [5.41, 5.74) is 1.29. The maximum atomic E-state index is 4.21. The molecule has 0 aliphatic heterocycles. The van der Waals surface area contributed by atoms with Gasteiger partial charge in [-0.25, -0.2) is 4.98 Å². The van der Waals surface area contributed by atoms with E-state index >= 15 is 0 Å². The van der Waals surface area contributed by atoms with Crippen LogP contribution in [0.4, 0.5) is 0 Å². The minimum Gasteiger partial charge on any atom is -0.330 e. The quantitative estimate of drug-likeness (QED) is 0.755. The lowest BCUT2D eigenvalue weighted by atomic mass is 10.1. The van der Waals surface area contributed by atoms with Crippen LogP contribution in [0.3, 0.4) is 0 Å². The van der Waals surface area contributed by atoms with Gasteiger partial charge >= 0.3 is 0 Å². The molecule has 0 atom stereocenters. The monoisotopic (exact) mass is 195 g/mol. The summed E-state index contributed by atoms with van der Waals surface area (Å²) in [4.78, 5) is 4.21. The van der Waals surface area contributed by atoms with E-state index in [9.17, 15) is 0 Å². The van der Waals surface area contributed by atoms with Crippen LogP contribution in [0.15, 0.2) is 12.5 Å². The van der Waals surface area contributed by atoms with Gasteiger partial charge < -0.3 is 9.88 Å². The zero-order valence-electron chi connectivity index (χ0n) is 9.45. The Morgan fingerprint density at radius 2 is 2.07 bits per heavy atom. The van der Waals surface area contributed by atoms with Crippen molar-refractivity contribution in [3.8, 4) is 0 Å². The van der Waals surface area contributed by atoms with Gasteiger partial charge in [0.25, 0.3) is 0 Å². The smallest absolute Gasteiger partial charge is 0.0951 e. The van der Waals surface area contributed by atoms with Crippen LogP contribution in [0.2, 0.25) is 0 Å². The number of nitrogens with zero attached hydrogens (tertiary/aromatic N) is 2. The highest BCUT2D eigenvalue weighted by molar-refractivity contribution is 4.99. The number of hydrogen-bond acceptors (Lipinski definition) is 2. The summed E-state index contributed by atoms with van der Waals surface area (Å²) in [5.74, 6) is 0. The third-order valence-corrected chi connectivity index (χ3v) is 2.64. The van der Waals surface area contributed by atoms with Gasteiger partial charge in [0, 0.05) is 18.8 Å². The number of nitrogens with one attached hydrogen (secondary N) is 1. The number of imidazole rings is 1. The zero-order valence-corrected chi connectivity index (χ0v) is 9.45. The van der Waals surface area contributed by atoms with Crippen LogP contribution in [0, 0.1) is 0 Å². The Morgan fingerprint density at radius 3 is 2.64 bits per heavy atom. The predicted molar refractivity (Wildman–Crippen MR) is 59.2 cm³/mol. The molecule has 0 fully saturated rings. The third kappa shape index (κ3) is 2.58. The highest BCUT2D eigenvalue weighted by Gasteiger charge is 2.09. The van der Waals surface area contributed by atoms with E-state index in [2.05, 4.69) is 35.6 Å². The van der Waals surface area contributed by atoms with Gasteiger partial charge in [0.1, 0.15) is 0 Å². The first-order chi connectivity index (χ1) is 6.83. The van der Waals surface area contributed by atoms with Crippen LogP contribution in [0.25, 0.3) is 0 Å². The molecule has 0 bridgehead atoms. The normalized spacial score (nSPS) is 11.1. The molecule has 80 valence electrons. The Balaban J connectivity index is 2.69. The van der Waals surface area contributed by atoms with E-state index in [1.807, 2.05) is 12.5 Å². The Labute approximate surface area is 86.5 Å². The van der Waals surface area contributed by atoms with Crippen molar-refractivity contribution < 1.29 is 0 Å². The number of aromatic nitrogens is 2. The second kappa shape index (κ2) is 5.81. The standard InChI is InChI=1S/C11H21N3/c1-4-10(5-2)14-9-13-8-11(14)7-12-6-3/h8-10,12H,4-7H2,1-3H3. The molecule has 1 aromatic rings. The van der Waals surface area contributed by atoms with E-state index in [-0.39, 0.29) is 0 Å². The maximum absolute atomic E-state index is 4.21. The molecule has 0 spiro atoms. The molecule has 1 heterocycles. The molecular formula is C11H21N3. The summed E-state index contributed by atoms with van der Waals surface area (Å²) in [7, 11) is 0. The maximum Gasteiger partial charge on any atom is 0.0951 e. The molecule has 0 aliphatic rings. The molecule has 14 heavy (non-hydrogen) atoms. The van der Waals surface area contributed by atoms with Gasteiger partial charge in [-0.15, -0.1) is 0 Å². The lowest BCUT2D eigenvalue weighted by Gasteiger charge is -2.17. The molecule has 0 saturated heterocycles. The van der Waals surface area contributed by atoms with Gasteiger partial charge in [-0.1, -0.05) is 20.8 Å². The Hall–Kier alpha value is -0.830. The van der Waals surface area contributed by atoms with Gasteiger partial charge in [-0.3, -0.25) is 0 Å². The highest BCUT2D eigenvalue weighted by Crippen LogP contribution is 2.17. The molecule has 0 amide bonds. The summed E-state index contributed by atoms with van der Waals surface area (Å²) in [6.45, 7) is 8.51. The van der Waals surface area contributed by atoms with E-state index in [1.54, 1.807) is 0 Å². The van der Waals surface area contributed by atoms with Crippen molar-refractivity contribution in [3.05, 3.63) is 18.2 Å². The van der Waals surface area contributed by atoms with Crippen LogP contribution in [0.5, 0.6) is 0 Å². The molecule has 1 aromatic heterocycles. The molecule has 0 aliphatic carbocycles. The van der Waals surface area contributed by atoms with Crippen molar-refractivity contribution in [2.24, 2.45) is 0 Å². The van der Waals surface area contributed by atoms with Gasteiger partial charge in [0.05, 0.1) is 12.0 Å². The molecular weight excluding hydrogens is 174 g/mol. The SMILES string of the molecule is CCNCc1cncn1C(CC)CC. The summed E-state index contributed by atoms with van der Waals surface area (Å²) < 4.78 is 2.29. The molecule has 0 saturated carbocycles. The van der Waals surface area contributed by atoms with Gasteiger partial charge in [0.2, 0.25) is 0 Å². The van der Waals surface area contributed by atoms with Crippen molar-refractivity contribution in [2.45, 2.75) is 46.2 Å². The van der Waals surface area contributed by atoms with Crippen LogP contribution < -0.4 is 5.32 Å². The summed E-state index contributed by atoms with van der Waals surface area (Å²) in [6, 6.07) is 0.603. The zero-order chi connectivity index (χ0) is 10.4. The first-order valence-corrected chi connectivity index (χ1v) is 5.54. The molecule has 1 rings (SSSR count). The van der Waals surface area contributed by atoms with Crippen molar-refractivity contribution in [1.82, 2.24) is 14.9 Å². The Bertz CT molecular complexity index is 251. The molecule has 0 unspecified atom stereocenters. The van der Waals surface area contributed by atoms with Crippen molar-refractivity contribution in [1.29, 1.82) is 0 Å². The van der Waals surface area contributed by atoms with Gasteiger partial charge in [-0.2, -0.15) is 0 Å². The van der Waals surface area contributed by atoms with Crippen molar-refractivity contribution in [2.75, 3.05) is 6.54 Å². The molecule has 1 N–H and O–H groups in total. The Kier molecular flexibility index (Phi) is 4.66. The number of rotatable bonds is 6. The van der Waals surface area contributed by atoms with Crippen LogP contribution in [0.1, 0.15) is 45.3 Å². The minimum absolute atomic E-state index is 0.603. The lowest BCUT2D eigenvalue weighted by Crippen LogP contribution is -2.17. The first kappa shape index (κ1) is 11.2. The fourth-order valence-electron chi connectivity index (χ4n) is 1.73. The van der Waals surface area contributed by atoms with Crippen LogP contribution >= 0.6 is 0 Å². The summed E-state index contributed by atoms with van der Waals surface area (Å²) in [6.07, 6.45) is 6.25. The summed E-state index contributed by atoms with van der Waals surface area (Å²) >= 11 is 0. The summed E-state index contributed by atoms with van der Waals surface area (Å²) in [5, 5.41) is 3.33. The van der Waals surface area contributed by atoms with E-state index in [0.717, 1.165) is 13.1 Å².